The van der Waals surface area contributed by atoms with Crippen molar-refractivity contribution >= 4 is 24.1 Å². The predicted octanol–water partition coefficient (Wildman–Crippen LogP) is 3.32. The van der Waals surface area contributed by atoms with Gasteiger partial charge in [0.2, 0.25) is 0 Å². The monoisotopic (exact) mass is 346 g/mol. The number of ether oxygens (including phenoxy) is 1. The van der Waals surface area contributed by atoms with E-state index in [1.54, 1.807) is 25.3 Å². The summed E-state index contributed by atoms with van der Waals surface area (Å²) in [7, 11) is 0. The number of allylic oxidation sites excluding steroid dienone is 3. The van der Waals surface area contributed by atoms with Crippen molar-refractivity contribution in [1.29, 1.82) is 0 Å². The van der Waals surface area contributed by atoms with Crippen LogP contribution in [0, 0.1) is 10.6 Å². The Morgan fingerprint density at radius 1 is 1.50 bits per heavy atom. The number of pyridine rings is 1. The zero-order valence-corrected chi connectivity index (χ0v) is 14.7. The molecule has 1 amide bonds. The number of aromatic amines is 1. The van der Waals surface area contributed by atoms with E-state index in [4.69, 9.17) is 17.0 Å². The maximum Gasteiger partial charge on any atom is 0.328 e. The van der Waals surface area contributed by atoms with Crippen molar-refractivity contribution in [2.45, 2.75) is 32.7 Å². The highest BCUT2D eigenvalue weighted by Crippen LogP contribution is 2.24. The summed E-state index contributed by atoms with van der Waals surface area (Å²) >= 11 is 5.13. The highest BCUT2D eigenvalue weighted by Gasteiger charge is 2.26. The first kappa shape index (κ1) is 18.1. The van der Waals surface area contributed by atoms with Crippen molar-refractivity contribution in [3.8, 4) is 0 Å². The Bertz CT molecular complexity index is 721. The summed E-state index contributed by atoms with van der Waals surface area (Å²) in [6.07, 6.45) is 9.09. The van der Waals surface area contributed by atoms with Gasteiger partial charge in [0.15, 0.2) is 0 Å². The van der Waals surface area contributed by atoms with Gasteiger partial charge in [-0.2, -0.15) is 0 Å². The van der Waals surface area contributed by atoms with Crippen LogP contribution >= 0.6 is 12.2 Å². The number of amides is 1. The highest BCUT2D eigenvalue weighted by atomic mass is 32.1. The van der Waals surface area contributed by atoms with E-state index >= 15 is 0 Å². The van der Waals surface area contributed by atoms with E-state index in [-0.39, 0.29) is 12.5 Å². The average Bonchev–Trinajstić information content (AvgIpc) is 2.56. The first-order chi connectivity index (χ1) is 11.5. The second kappa shape index (κ2) is 8.59. The Labute approximate surface area is 146 Å². The molecule has 1 aromatic rings. The van der Waals surface area contributed by atoms with Crippen LogP contribution < -0.4 is 5.32 Å². The smallest absolute Gasteiger partial charge is 0.328 e. The molecule has 0 fully saturated rings. The van der Waals surface area contributed by atoms with Gasteiger partial charge in [-0.15, -0.1) is 0 Å². The van der Waals surface area contributed by atoms with Crippen LogP contribution in [-0.4, -0.2) is 29.5 Å². The molecule has 6 heteroatoms. The van der Waals surface area contributed by atoms with E-state index < -0.39 is 12.0 Å². The van der Waals surface area contributed by atoms with Crippen LogP contribution in [-0.2, 0) is 9.53 Å². The molecular weight excluding hydrogens is 324 g/mol. The maximum absolute atomic E-state index is 12.5. The minimum absolute atomic E-state index is 0.269. The van der Waals surface area contributed by atoms with Crippen LogP contribution in [0.4, 0.5) is 0 Å². The van der Waals surface area contributed by atoms with Gasteiger partial charge >= 0.3 is 5.97 Å². The lowest BCUT2D eigenvalue weighted by molar-refractivity contribution is -0.145. The summed E-state index contributed by atoms with van der Waals surface area (Å²) in [5.74, 6) is -0.475. The lowest BCUT2D eigenvalue weighted by atomic mass is 9.88. The number of hydrogen-bond acceptors (Lipinski definition) is 4. The van der Waals surface area contributed by atoms with Gasteiger partial charge in [-0.1, -0.05) is 42.9 Å². The number of nitrogens with one attached hydrogen (secondary N) is 2. The Balaban J connectivity index is 2.17. The minimum Gasteiger partial charge on any atom is -0.464 e. The van der Waals surface area contributed by atoms with E-state index in [9.17, 15) is 9.59 Å². The number of rotatable bonds is 6. The van der Waals surface area contributed by atoms with Gasteiger partial charge in [0, 0.05) is 6.20 Å². The third kappa shape index (κ3) is 4.64. The standard InChI is InChI=1S/C18H22N2O3S/c1-3-23-18(22)15(11-13-8-5-4-7-12(13)2)20-16(21)14-9-6-10-19-17(14)24/h4-6,8-10,12,15H,3,7,11H2,1-2H3,(H,19,24)(H,20,21). The molecule has 0 saturated carbocycles. The molecule has 2 atom stereocenters. The van der Waals surface area contributed by atoms with E-state index in [1.165, 1.54) is 0 Å². The minimum atomic E-state index is -0.729. The summed E-state index contributed by atoms with van der Waals surface area (Å²) < 4.78 is 5.45. The average molecular weight is 346 g/mol. The first-order valence-corrected chi connectivity index (χ1v) is 8.44. The molecule has 2 rings (SSSR count). The lowest BCUT2D eigenvalue weighted by Crippen LogP contribution is -2.42. The van der Waals surface area contributed by atoms with Gasteiger partial charge in [-0.3, -0.25) is 4.79 Å². The molecule has 1 aliphatic rings. The third-order valence-electron chi connectivity index (χ3n) is 3.95. The van der Waals surface area contributed by atoms with Gasteiger partial charge in [0.05, 0.1) is 12.2 Å². The van der Waals surface area contributed by atoms with E-state index in [0.717, 1.165) is 12.0 Å². The normalized spacial score (nSPS) is 17.8. The summed E-state index contributed by atoms with van der Waals surface area (Å²) in [6.45, 7) is 4.12. The molecule has 0 saturated heterocycles. The number of carbonyl (C=O) groups is 2. The van der Waals surface area contributed by atoms with Crippen molar-refractivity contribution in [2.24, 2.45) is 5.92 Å². The van der Waals surface area contributed by atoms with Gasteiger partial charge in [0.25, 0.3) is 5.91 Å². The molecule has 2 unspecified atom stereocenters. The molecule has 0 spiro atoms. The van der Waals surface area contributed by atoms with E-state index in [0.29, 0.717) is 22.5 Å². The SMILES string of the molecule is CCOC(=O)C(CC1=CC=CCC1C)NC(=O)c1ccc[nH]c1=S. The van der Waals surface area contributed by atoms with E-state index in [1.807, 2.05) is 12.2 Å². The van der Waals surface area contributed by atoms with Crippen LogP contribution in [0.3, 0.4) is 0 Å². The van der Waals surface area contributed by atoms with Crippen LogP contribution in [0.5, 0.6) is 0 Å². The van der Waals surface area contributed by atoms with Crippen molar-refractivity contribution < 1.29 is 14.3 Å². The second-order valence-electron chi connectivity index (χ2n) is 5.70. The fourth-order valence-corrected chi connectivity index (χ4v) is 2.80. The Morgan fingerprint density at radius 3 is 2.96 bits per heavy atom. The van der Waals surface area contributed by atoms with Crippen molar-refractivity contribution in [3.63, 3.8) is 0 Å². The number of aromatic nitrogens is 1. The van der Waals surface area contributed by atoms with Gasteiger partial charge in [-0.25, -0.2) is 4.79 Å². The molecule has 1 aromatic heterocycles. The summed E-state index contributed by atoms with van der Waals surface area (Å²) in [5, 5.41) is 2.76. The molecule has 0 aliphatic heterocycles. The molecule has 128 valence electrons. The molecule has 0 bridgehead atoms. The van der Waals surface area contributed by atoms with Gasteiger partial charge in [-0.05, 0) is 37.8 Å². The first-order valence-electron chi connectivity index (χ1n) is 8.03. The third-order valence-corrected chi connectivity index (χ3v) is 4.29. The van der Waals surface area contributed by atoms with Crippen LogP contribution in [0.15, 0.2) is 42.1 Å². The second-order valence-corrected chi connectivity index (χ2v) is 6.11. The molecule has 5 nitrogen and oxygen atoms in total. The molecule has 0 aromatic carbocycles. The molecule has 2 N–H and O–H groups in total. The maximum atomic E-state index is 12.5. The molecular formula is C18H22N2O3S. The fourth-order valence-electron chi connectivity index (χ4n) is 2.57. The van der Waals surface area contributed by atoms with Crippen molar-refractivity contribution in [3.05, 3.63) is 52.3 Å². The zero-order chi connectivity index (χ0) is 17.5. The number of H-pyrrole nitrogens is 1. The van der Waals surface area contributed by atoms with Gasteiger partial charge in [0.1, 0.15) is 10.7 Å². The highest BCUT2D eigenvalue weighted by molar-refractivity contribution is 7.71. The van der Waals surface area contributed by atoms with Crippen LogP contribution in [0.2, 0.25) is 0 Å². The van der Waals surface area contributed by atoms with Gasteiger partial charge < -0.3 is 15.0 Å². The van der Waals surface area contributed by atoms with Crippen molar-refractivity contribution in [2.75, 3.05) is 6.61 Å². The number of hydrogen-bond donors (Lipinski definition) is 2. The summed E-state index contributed by atoms with van der Waals surface area (Å²) in [5.41, 5.74) is 1.46. The number of esters is 1. The molecule has 1 heterocycles. The van der Waals surface area contributed by atoms with Crippen LogP contribution in [0.25, 0.3) is 0 Å². The summed E-state index contributed by atoms with van der Waals surface area (Å²) in [4.78, 5) is 27.5. The number of carbonyl (C=O) groups excluding carboxylic acids is 2. The summed E-state index contributed by atoms with van der Waals surface area (Å²) in [6, 6.07) is 2.59. The zero-order valence-electron chi connectivity index (χ0n) is 13.9. The Kier molecular flexibility index (Phi) is 6.49. The van der Waals surface area contributed by atoms with Crippen molar-refractivity contribution in [1.82, 2.24) is 10.3 Å². The Morgan fingerprint density at radius 2 is 2.29 bits per heavy atom. The topological polar surface area (TPSA) is 71.2 Å². The quantitative estimate of drug-likeness (QED) is 0.612. The van der Waals surface area contributed by atoms with E-state index in [2.05, 4.69) is 23.3 Å². The molecule has 1 aliphatic carbocycles. The Hall–Kier alpha value is -2.21. The largest absolute Gasteiger partial charge is 0.464 e. The molecule has 0 radical (unpaired) electrons. The fraction of sp³-hybridized carbons (Fsp3) is 0.389. The molecule has 24 heavy (non-hydrogen) atoms. The lowest BCUT2D eigenvalue weighted by Gasteiger charge is -2.23. The predicted molar refractivity (Wildman–Crippen MR) is 95.1 cm³/mol. The van der Waals surface area contributed by atoms with Crippen LogP contribution in [0.1, 0.15) is 37.0 Å².